The maximum absolute atomic E-state index is 11.3. The number of allylic oxidation sites excluding steroid dienone is 1. The van der Waals surface area contributed by atoms with Crippen LogP contribution in [0.3, 0.4) is 0 Å². The number of piperidine rings is 2. The molecule has 0 unspecified atom stereocenters. The van der Waals surface area contributed by atoms with Crippen LogP contribution < -0.4 is 5.32 Å². The van der Waals surface area contributed by atoms with Crippen molar-refractivity contribution >= 4 is 17.9 Å². The van der Waals surface area contributed by atoms with Crippen LogP contribution in [0.1, 0.15) is 94.4 Å². The average Bonchev–Trinajstić information content (AvgIpc) is 3.26. The minimum atomic E-state index is 0.0968. The molecule has 1 aliphatic carbocycles. The van der Waals surface area contributed by atoms with Gasteiger partial charge in [-0.15, -0.1) is 0 Å². The van der Waals surface area contributed by atoms with Crippen LogP contribution in [-0.2, 0) is 24.2 Å². The predicted octanol–water partition coefficient (Wildman–Crippen LogP) is 4.24. The molecular weight excluding hydrogens is 464 g/mol. The van der Waals surface area contributed by atoms with Gasteiger partial charge in [-0.3, -0.25) is 14.3 Å². The Hall–Kier alpha value is -2.48. The van der Waals surface area contributed by atoms with Gasteiger partial charge in [0.1, 0.15) is 11.5 Å². The smallest absolute Gasteiger partial charge is 0.217 e. The summed E-state index contributed by atoms with van der Waals surface area (Å²) in [5.41, 5.74) is 4.32. The first-order valence-electron chi connectivity index (χ1n) is 14.2. The number of fused-ring (bicyclic) bond motifs is 1. The molecular formula is C29H48N6O2. The lowest BCUT2D eigenvalue weighted by molar-refractivity contribution is -0.119. The van der Waals surface area contributed by atoms with Gasteiger partial charge in [-0.2, -0.15) is 5.10 Å². The van der Waals surface area contributed by atoms with Gasteiger partial charge in [0.15, 0.2) is 6.29 Å². The summed E-state index contributed by atoms with van der Waals surface area (Å²) in [6, 6.07) is 0.420. The second-order valence-electron chi connectivity index (χ2n) is 11.1. The van der Waals surface area contributed by atoms with E-state index in [0.29, 0.717) is 11.7 Å². The fourth-order valence-corrected chi connectivity index (χ4v) is 5.72. The number of carbonyl (C=O) groups excluding carboxylic acids is 2. The summed E-state index contributed by atoms with van der Waals surface area (Å²) in [4.78, 5) is 31.3. The van der Waals surface area contributed by atoms with Crippen LogP contribution in [0.4, 0.5) is 0 Å². The molecule has 4 rings (SSSR count). The molecule has 2 aliphatic heterocycles. The van der Waals surface area contributed by atoms with Crippen molar-refractivity contribution in [3.8, 4) is 0 Å². The molecule has 1 aromatic heterocycles. The number of rotatable bonds is 7. The number of likely N-dealkylation sites (tertiary alicyclic amines) is 2. The lowest BCUT2D eigenvalue weighted by Crippen LogP contribution is -2.42. The molecule has 0 saturated carbocycles. The monoisotopic (exact) mass is 512 g/mol. The first-order valence-corrected chi connectivity index (χ1v) is 14.2. The van der Waals surface area contributed by atoms with Gasteiger partial charge in [0, 0.05) is 49.6 Å². The van der Waals surface area contributed by atoms with Gasteiger partial charge < -0.3 is 15.1 Å². The number of nitrogens with zero attached hydrogens (tertiary/aromatic N) is 5. The van der Waals surface area contributed by atoms with E-state index in [1.54, 1.807) is 6.92 Å². The molecule has 0 radical (unpaired) electrons. The number of aryl methyl sites for hydroxylation is 1. The summed E-state index contributed by atoms with van der Waals surface area (Å²) in [6.45, 7) is 13.1. The van der Waals surface area contributed by atoms with Crippen molar-refractivity contribution in [3.05, 3.63) is 28.8 Å². The van der Waals surface area contributed by atoms with E-state index in [0.717, 1.165) is 88.6 Å². The fraction of sp³-hybridized carbons (Fsp3) is 0.724. The second kappa shape index (κ2) is 14.5. The van der Waals surface area contributed by atoms with E-state index in [4.69, 9.17) is 0 Å². The van der Waals surface area contributed by atoms with Crippen LogP contribution in [0.15, 0.2) is 16.9 Å². The zero-order valence-electron chi connectivity index (χ0n) is 23.8. The summed E-state index contributed by atoms with van der Waals surface area (Å²) in [5, 5.41) is 7.53. The number of aromatic nitrogens is 2. The van der Waals surface area contributed by atoms with E-state index in [2.05, 4.69) is 63.8 Å². The number of hydrogen-bond acceptors (Lipinski definition) is 6. The molecule has 1 amide bonds. The molecule has 3 aliphatic rings. The summed E-state index contributed by atoms with van der Waals surface area (Å²) in [7, 11) is 2.12. The minimum absolute atomic E-state index is 0.0968. The van der Waals surface area contributed by atoms with Gasteiger partial charge in [-0.1, -0.05) is 0 Å². The predicted molar refractivity (Wildman–Crippen MR) is 150 cm³/mol. The largest absolute Gasteiger partial charge is 0.357 e. The normalized spacial score (nSPS) is 19.5. The molecule has 206 valence electrons. The Morgan fingerprint density at radius 2 is 1.73 bits per heavy atom. The third-order valence-corrected chi connectivity index (χ3v) is 7.81. The summed E-state index contributed by atoms with van der Waals surface area (Å²) < 4.78 is 2.13. The van der Waals surface area contributed by atoms with Crippen molar-refractivity contribution in [2.75, 3.05) is 33.2 Å². The molecule has 8 heteroatoms. The van der Waals surface area contributed by atoms with Gasteiger partial charge in [-0.05, 0) is 111 Å². The molecule has 2 saturated heterocycles. The van der Waals surface area contributed by atoms with Gasteiger partial charge in [-0.25, -0.2) is 4.99 Å². The fourth-order valence-electron chi connectivity index (χ4n) is 5.72. The van der Waals surface area contributed by atoms with Crippen LogP contribution in [0.2, 0.25) is 0 Å². The number of amides is 1. The van der Waals surface area contributed by atoms with E-state index < -0.39 is 0 Å². The third kappa shape index (κ3) is 8.80. The molecule has 1 N–H and O–H groups in total. The molecule has 0 atom stereocenters. The van der Waals surface area contributed by atoms with Gasteiger partial charge in [0.25, 0.3) is 0 Å². The van der Waals surface area contributed by atoms with Crippen molar-refractivity contribution in [1.82, 2.24) is 24.9 Å². The number of aldehydes is 1. The van der Waals surface area contributed by atoms with Crippen LogP contribution in [0, 0.1) is 5.92 Å². The molecule has 37 heavy (non-hydrogen) atoms. The Morgan fingerprint density at radius 3 is 2.32 bits per heavy atom. The Balaban J connectivity index is 0.000000289. The Kier molecular flexibility index (Phi) is 11.4. The molecule has 0 aromatic carbocycles. The third-order valence-electron chi connectivity index (χ3n) is 7.81. The highest BCUT2D eigenvalue weighted by Crippen LogP contribution is 2.27. The summed E-state index contributed by atoms with van der Waals surface area (Å²) >= 11 is 0. The van der Waals surface area contributed by atoms with E-state index >= 15 is 0 Å². The quantitative estimate of drug-likeness (QED) is 0.437. The number of hydrogen-bond donors (Lipinski definition) is 1. The lowest BCUT2D eigenvalue weighted by atomic mass is 9.93. The van der Waals surface area contributed by atoms with Gasteiger partial charge in [0.05, 0.1) is 0 Å². The lowest BCUT2D eigenvalue weighted by Gasteiger charge is -2.33. The number of nitrogens with one attached hydrogen (secondary N) is 1. The highest BCUT2D eigenvalue weighted by molar-refractivity contribution is 5.80. The van der Waals surface area contributed by atoms with E-state index in [-0.39, 0.29) is 5.91 Å². The topological polar surface area (TPSA) is 82.8 Å². The standard InChI is InChI=1S/C21H32N4O.C8H16N2O/c1-4-21(22-16(2)3)24-12-9-17(10-13-24)11-14-25-20-8-6-5-7-18(20)19(15-26)23-25;1-7(11)9-8-3-5-10(2)6-4-8/h4,15,17H,5-14H2,1-3H3;8H,3-6H2,1-2H3,(H,9,11)/b21-4+;. The van der Waals surface area contributed by atoms with Crippen molar-refractivity contribution in [2.45, 2.75) is 98.1 Å². The summed E-state index contributed by atoms with van der Waals surface area (Å²) in [5.74, 6) is 1.94. The molecule has 1 aromatic rings. The van der Waals surface area contributed by atoms with E-state index in [9.17, 15) is 9.59 Å². The number of carbonyl (C=O) groups is 2. The average molecular weight is 513 g/mol. The second-order valence-corrected chi connectivity index (χ2v) is 11.1. The van der Waals surface area contributed by atoms with Gasteiger partial charge >= 0.3 is 0 Å². The van der Waals surface area contributed by atoms with Crippen LogP contribution in [0.5, 0.6) is 0 Å². The minimum Gasteiger partial charge on any atom is -0.357 e. The van der Waals surface area contributed by atoms with Crippen molar-refractivity contribution in [3.63, 3.8) is 0 Å². The Morgan fingerprint density at radius 1 is 1.05 bits per heavy atom. The molecule has 0 spiro atoms. The maximum atomic E-state index is 11.3. The molecule has 0 bridgehead atoms. The van der Waals surface area contributed by atoms with Crippen LogP contribution in [0.25, 0.3) is 0 Å². The summed E-state index contributed by atoms with van der Waals surface area (Å²) in [6.07, 6.45) is 13.3. The van der Waals surface area contributed by atoms with E-state index in [1.807, 2.05) is 0 Å². The molecule has 3 heterocycles. The van der Waals surface area contributed by atoms with Crippen LogP contribution in [-0.4, -0.2) is 76.8 Å². The first-order chi connectivity index (χ1) is 17.8. The molecule has 8 nitrogen and oxygen atoms in total. The van der Waals surface area contributed by atoms with Crippen molar-refractivity contribution in [1.29, 1.82) is 0 Å². The zero-order valence-corrected chi connectivity index (χ0v) is 23.8. The Bertz CT molecular complexity index is 946. The maximum Gasteiger partial charge on any atom is 0.217 e. The SMILES string of the molecule is C/C=C(\N=C(C)C)N1CCC(CCn2nc(C=O)c3c2CCCC3)CC1.CC(=O)NC1CCN(C)CC1. The van der Waals surface area contributed by atoms with Crippen molar-refractivity contribution < 1.29 is 9.59 Å². The highest BCUT2D eigenvalue weighted by Gasteiger charge is 2.23. The Labute approximate surface area is 223 Å². The number of aliphatic imine (C=N–C) groups is 1. The zero-order chi connectivity index (χ0) is 26.8. The van der Waals surface area contributed by atoms with Gasteiger partial charge in [0.2, 0.25) is 5.91 Å². The first kappa shape index (κ1) is 29.1. The van der Waals surface area contributed by atoms with Crippen molar-refractivity contribution in [2.24, 2.45) is 10.9 Å². The molecule has 2 fully saturated rings. The van der Waals surface area contributed by atoms with E-state index in [1.165, 1.54) is 36.9 Å². The van der Waals surface area contributed by atoms with Crippen LogP contribution >= 0.6 is 0 Å². The highest BCUT2D eigenvalue weighted by atomic mass is 16.1.